The van der Waals surface area contributed by atoms with E-state index in [9.17, 15) is 4.79 Å². The number of piperidine rings is 1. The van der Waals surface area contributed by atoms with Crippen molar-refractivity contribution in [2.45, 2.75) is 58.0 Å². The lowest BCUT2D eigenvalue weighted by Gasteiger charge is -2.41. The zero-order valence-electron chi connectivity index (χ0n) is 17.3. The number of carbonyl (C=O) groups is 1. The van der Waals surface area contributed by atoms with E-state index in [2.05, 4.69) is 18.7 Å². The molecule has 4 atom stereocenters. The molecule has 2 bridgehead atoms. The van der Waals surface area contributed by atoms with Crippen molar-refractivity contribution in [2.75, 3.05) is 37.8 Å². The van der Waals surface area contributed by atoms with Crippen LogP contribution in [0.2, 0.25) is 0 Å². The Morgan fingerprint density at radius 3 is 2.68 bits per heavy atom. The predicted octanol–water partition coefficient (Wildman–Crippen LogP) is 3.72. The lowest BCUT2D eigenvalue weighted by Crippen LogP contribution is -2.48. The second-order valence-corrected chi connectivity index (χ2v) is 8.77. The van der Waals surface area contributed by atoms with Crippen LogP contribution in [0.3, 0.4) is 0 Å². The van der Waals surface area contributed by atoms with Gasteiger partial charge in [-0.05, 0) is 63.0 Å². The quantitative estimate of drug-likeness (QED) is 0.639. The summed E-state index contributed by atoms with van der Waals surface area (Å²) >= 11 is 0. The monoisotopic (exact) mass is 386 g/mol. The summed E-state index contributed by atoms with van der Waals surface area (Å²) in [6, 6.07) is 9.33. The number of hydrogen-bond acceptors (Lipinski definition) is 4. The number of nitrogens with zero attached hydrogens (tertiary/aromatic N) is 2. The maximum Gasteiger partial charge on any atom is 0.265 e. The average molecular weight is 387 g/mol. The Morgan fingerprint density at radius 2 is 1.93 bits per heavy atom. The van der Waals surface area contributed by atoms with Crippen molar-refractivity contribution < 1.29 is 14.3 Å². The maximum absolute atomic E-state index is 12.5. The molecule has 0 spiro atoms. The van der Waals surface area contributed by atoms with Gasteiger partial charge in [-0.25, -0.2) is 0 Å². The van der Waals surface area contributed by atoms with Crippen molar-refractivity contribution in [1.82, 2.24) is 4.90 Å². The molecule has 0 unspecified atom stereocenters. The number of fused-ring (bicyclic) bond motifs is 3. The van der Waals surface area contributed by atoms with E-state index in [1.54, 1.807) is 0 Å². The third kappa shape index (κ3) is 4.20. The van der Waals surface area contributed by atoms with E-state index in [0.29, 0.717) is 5.92 Å². The van der Waals surface area contributed by atoms with Crippen molar-refractivity contribution >= 4 is 11.6 Å². The molecule has 1 aromatic rings. The fraction of sp³-hybridized carbons (Fsp3) is 0.696. The highest BCUT2D eigenvalue weighted by molar-refractivity contribution is 5.97. The Labute approximate surface area is 169 Å². The maximum atomic E-state index is 12.5. The van der Waals surface area contributed by atoms with Gasteiger partial charge in [0.2, 0.25) is 0 Å². The molecule has 28 heavy (non-hydrogen) atoms. The van der Waals surface area contributed by atoms with Gasteiger partial charge in [0.25, 0.3) is 5.91 Å². The fourth-order valence-electron chi connectivity index (χ4n) is 5.40. The van der Waals surface area contributed by atoms with Crippen LogP contribution in [-0.2, 0) is 9.53 Å². The molecule has 0 aromatic heterocycles. The van der Waals surface area contributed by atoms with Gasteiger partial charge in [0.15, 0.2) is 6.61 Å². The molecule has 3 aliphatic rings. The normalized spacial score (nSPS) is 28.1. The Hall–Kier alpha value is -1.59. The Bertz CT molecular complexity index is 666. The lowest BCUT2D eigenvalue weighted by molar-refractivity contribution is -0.121. The molecule has 0 radical (unpaired) electrons. The number of rotatable bonds is 8. The van der Waals surface area contributed by atoms with E-state index in [-0.39, 0.29) is 12.5 Å². The van der Waals surface area contributed by atoms with Gasteiger partial charge in [-0.15, -0.1) is 0 Å². The topological polar surface area (TPSA) is 42.0 Å². The van der Waals surface area contributed by atoms with Crippen molar-refractivity contribution in [3.63, 3.8) is 0 Å². The number of amides is 1. The summed E-state index contributed by atoms with van der Waals surface area (Å²) in [5.74, 6) is 2.16. The van der Waals surface area contributed by atoms with Gasteiger partial charge in [-0.3, -0.25) is 9.69 Å². The molecule has 4 rings (SSSR count). The highest BCUT2D eigenvalue weighted by atomic mass is 16.5. The molecule has 2 saturated heterocycles. The number of para-hydroxylation sites is 2. The van der Waals surface area contributed by atoms with Crippen LogP contribution in [-0.4, -0.2) is 55.8 Å². The number of carbonyl (C=O) groups excluding carboxylic acids is 1. The molecular weight excluding hydrogens is 352 g/mol. The van der Waals surface area contributed by atoms with Crippen molar-refractivity contribution in [2.24, 2.45) is 11.8 Å². The van der Waals surface area contributed by atoms with Crippen LogP contribution < -0.4 is 9.64 Å². The lowest BCUT2D eigenvalue weighted by atomic mass is 9.88. The molecule has 3 aliphatic heterocycles. The Morgan fingerprint density at radius 1 is 1.18 bits per heavy atom. The minimum Gasteiger partial charge on any atom is -0.482 e. The molecule has 0 saturated carbocycles. The second-order valence-electron chi connectivity index (χ2n) is 8.77. The molecule has 1 amide bonds. The van der Waals surface area contributed by atoms with Crippen LogP contribution in [0.15, 0.2) is 24.3 Å². The van der Waals surface area contributed by atoms with Gasteiger partial charge in [0.05, 0.1) is 5.69 Å². The van der Waals surface area contributed by atoms with Gasteiger partial charge in [-0.2, -0.15) is 0 Å². The van der Waals surface area contributed by atoms with Crippen LogP contribution in [0.1, 0.15) is 46.0 Å². The van der Waals surface area contributed by atoms with Gasteiger partial charge in [0.1, 0.15) is 5.75 Å². The smallest absolute Gasteiger partial charge is 0.265 e. The van der Waals surface area contributed by atoms with Crippen LogP contribution in [0.4, 0.5) is 5.69 Å². The molecule has 154 valence electrons. The standard InChI is InChI=1S/C23H34N2O3/c1-3-27-11-10-18-12-19-8-9-20(13-18)24(19)14-17(2)15-25-21-6-4-5-7-22(21)28-16-23(25)26/h4-7,17-20H,3,8-16H2,1-2H3/t17-,18-,19-,20+/m0/s1. The van der Waals surface area contributed by atoms with Crippen LogP contribution >= 0.6 is 0 Å². The Balaban J connectivity index is 1.34. The zero-order chi connectivity index (χ0) is 19.5. The van der Waals surface area contributed by atoms with E-state index in [1.165, 1.54) is 32.1 Å². The predicted molar refractivity (Wildman–Crippen MR) is 111 cm³/mol. The van der Waals surface area contributed by atoms with Gasteiger partial charge in [-0.1, -0.05) is 19.1 Å². The first kappa shape index (κ1) is 19.7. The van der Waals surface area contributed by atoms with E-state index in [4.69, 9.17) is 9.47 Å². The molecule has 5 heteroatoms. The fourth-order valence-corrected chi connectivity index (χ4v) is 5.40. The molecule has 0 N–H and O–H groups in total. The largest absolute Gasteiger partial charge is 0.482 e. The minimum atomic E-state index is 0.0724. The number of anilines is 1. The van der Waals surface area contributed by atoms with Crippen LogP contribution in [0.25, 0.3) is 0 Å². The summed E-state index contributed by atoms with van der Waals surface area (Å²) in [5.41, 5.74) is 0.920. The number of benzene rings is 1. The first-order valence-electron chi connectivity index (χ1n) is 11.0. The first-order valence-corrected chi connectivity index (χ1v) is 11.0. The van der Waals surface area contributed by atoms with Crippen molar-refractivity contribution in [3.8, 4) is 5.75 Å². The third-order valence-corrected chi connectivity index (χ3v) is 6.68. The van der Waals surface area contributed by atoms with Gasteiger partial charge >= 0.3 is 0 Å². The van der Waals surface area contributed by atoms with Crippen LogP contribution in [0, 0.1) is 11.8 Å². The molecule has 1 aromatic carbocycles. The minimum absolute atomic E-state index is 0.0724. The van der Waals surface area contributed by atoms with Crippen LogP contribution in [0.5, 0.6) is 5.75 Å². The van der Waals surface area contributed by atoms with E-state index in [1.807, 2.05) is 29.2 Å². The molecule has 5 nitrogen and oxygen atoms in total. The summed E-state index contributed by atoms with van der Waals surface area (Å²) in [6.45, 7) is 8.10. The second kappa shape index (κ2) is 8.83. The van der Waals surface area contributed by atoms with E-state index < -0.39 is 0 Å². The highest BCUT2D eigenvalue weighted by Gasteiger charge is 2.41. The zero-order valence-corrected chi connectivity index (χ0v) is 17.3. The summed E-state index contributed by atoms with van der Waals surface area (Å²) < 4.78 is 11.2. The van der Waals surface area contributed by atoms with E-state index in [0.717, 1.165) is 55.7 Å². The molecule has 3 heterocycles. The SMILES string of the molecule is CCOCC[C@@H]1C[C@H]2CC[C@@H](C1)N2C[C@H](C)CN1C(=O)COc2ccccc21. The average Bonchev–Trinajstić information content (AvgIpc) is 2.92. The molecule has 2 fully saturated rings. The summed E-state index contributed by atoms with van der Waals surface area (Å²) in [5, 5.41) is 0. The molecule has 0 aliphatic carbocycles. The number of hydrogen-bond donors (Lipinski definition) is 0. The summed E-state index contributed by atoms with van der Waals surface area (Å²) in [4.78, 5) is 17.1. The third-order valence-electron chi connectivity index (χ3n) is 6.68. The highest BCUT2D eigenvalue weighted by Crippen LogP contribution is 2.40. The number of ether oxygens (including phenoxy) is 2. The van der Waals surface area contributed by atoms with E-state index >= 15 is 0 Å². The summed E-state index contributed by atoms with van der Waals surface area (Å²) in [6.07, 6.45) is 6.51. The van der Waals surface area contributed by atoms with Gasteiger partial charge in [0, 0.05) is 38.4 Å². The van der Waals surface area contributed by atoms with Crippen molar-refractivity contribution in [3.05, 3.63) is 24.3 Å². The van der Waals surface area contributed by atoms with Gasteiger partial charge < -0.3 is 14.4 Å². The molecular formula is C23H34N2O3. The Kier molecular flexibility index (Phi) is 6.22. The first-order chi connectivity index (χ1) is 13.7. The van der Waals surface area contributed by atoms with Crippen molar-refractivity contribution in [1.29, 1.82) is 0 Å². The summed E-state index contributed by atoms with van der Waals surface area (Å²) in [7, 11) is 0.